The first-order chi connectivity index (χ1) is 5.71. The molecule has 0 amide bonds. The Bertz CT molecular complexity index is 286. The van der Waals surface area contributed by atoms with Crippen LogP contribution < -0.4 is 5.73 Å². The summed E-state index contributed by atoms with van der Waals surface area (Å²) in [7, 11) is -2.64. The smallest absolute Gasteiger partial charge is 0.323 e. The van der Waals surface area contributed by atoms with Crippen molar-refractivity contribution in [2.24, 2.45) is 5.73 Å². The number of hydrogen-bond acceptors (Lipinski definition) is 4. The third-order valence-electron chi connectivity index (χ3n) is 1.99. The van der Waals surface area contributed by atoms with Crippen molar-refractivity contribution in [3.8, 4) is 0 Å². The van der Waals surface area contributed by atoms with Gasteiger partial charge in [-0.1, -0.05) is 6.92 Å². The van der Waals surface area contributed by atoms with Crippen molar-refractivity contribution in [1.29, 1.82) is 4.78 Å². The monoisotopic (exact) mass is 208 g/mol. The number of nitrogens with one attached hydrogen (secondary N) is 1. The topological polar surface area (TPSA) is 104 Å². The minimum atomic E-state index is -2.64. The van der Waals surface area contributed by atoms with Crippen molar-refractivity contribution >= 4 is 15.7 Å². The molecule has 0 aliphatic heterocycles. The van der Waals surface area contributed by atoms with Crippen LogP contribution in [0.4, 0.5) is 0 Å². The molecule has 0 radical (unpaired) electrons. The van der Waals surface area contributed by atoms with Crippen molar-refractivity contribution in [2.75, 3.05) is 12.0 Å². The number of carbonyl (C=O) groups is 1. The van der Waals surface area contributed by atoms with Crippen molar-refractivity contribution in [1.82, 2.24) is 0 Å². The summed E-state index contributed by atoms with van der Waals surface area (Å²) < 4.78 is 18.1. The normalized spacial score (nSPS) is 20.2. The Morgan fingerprint density at radius 3 is 2.38 bits per heavy atom. The third-order valence-corrected chi connectivity index (χ3v) is 2.98. The fraction of sp³-hybridized carbons (Fsp3) is 0.857. The average Bonchev–Trinajstić information content (AvgIpc) is 1.98. The number of rotatable bonds is 5. The molecule has 4 N–H and O–H groups in total. The van der Waals surface area contributed by atoms with E-state index in [0.29, 0.717) is 0 Å². The van der Waals surface area contributed by atoms with Gasteiger partial charge in [0.1, 0.15) is 5.54 Å². The van der Waals surface area contributed by atoms with E-state index in [1.807, 2.05) is 0 Å². The Labute approximate surface area is 78.3 Å². The molecule has 78 valence electrons. The van der Waals surface area contributed by atoms with Gasteiger partial charge < -0.3 is 10.8 Å². The first-order valence-corrected chi connectivity index (χ1v) is 6.08. The predicted octanol–water partition coefficient (Wildman–Crippen LogP) is 0.245. The van der Waals surface area contributed by atoms with Crippen LogP contribution in [0.25, 0.3) is 0 Å². The second kappa shape index (κ2) is 4.06. The van der Waals surface area contributed by atoms with Gasteiger partial charge in [-0.25, -0.2) is 0 Å². The van der Waals surface area contributed by atoms with Crippen molar-refractivity contribution in [2.45, 2.75) is 25.3 Å². The molecule has 0 saturated heterocycles. The van der Waals surface area contributed by atoms with Crippen LogP contribution in [0.2, 0.25) is 0 Å². The van der Waals surface area contributed by atoms with Crippen molar-refractivity contribution in [3.63, 3.8) is 0 Å². The summed E-state index contributed by atoms with van der Waals surface area (Å²) in [6.45, 7) is 1.66. The van der Waals surface area contributed by atoms with Gasteiger partial charge in [-0.2, -0.15) is 0 Å². The van der Waals surface area contributed by atoms with E-state index in [2.05, 4.69) is 0 Å². The van der Waals surface area contributed by atoms with Crippen molar-refractivity contribution < 1.29 is 14.1 Å². The molecule has 5 nitrogen and oxygen atoms in total. The quantitative estimate of drug-likeness (QED) is 0.602. The van der Waals surface area contributed by atoms with Crippen LogP contribution in [0.3, 0.4) is 0 Å². The summed E-state index contributed by atoms with van der Waals surface area (Å²) in [5.41, 5.74) is 4.21. The van der Waals surface area contributed by atoms with E-state index in [4.69, 9.17) is 15.6 Å². The third kappa shape index (κ3) is 4.23. The lowest BCUT2D eigenvalue weighted by Gasteiger charge is -2.22. The lowest BCUT2D eigenvalue weighted by Crippen LogP contribution is -2.48. The SMILES string of the molecule is CCC(N)(CC[S@@](C)(=N)=O)C(=O)O. The fourth-order valence-corrected chi connectivity index (χ4v) is 1.57. The molecule has 0 aromatic carbocycles. The van der Waals surface area contributed by atoms with Gasteiger partial charge in [-0.05, 0) is 12.8 Å². The van der Waals surface area contributed by atoms with Crippen LogP contribution >= 0.6 is 0 Å². The van der Waals surface area contributed by atoms with Crippen LogP contribution in [-0.4, -0.2) is 32.8 Å². The number of carboxylic acids is 1. The zero-order chi connectivity index (χ0) is 10.7. The highest BCUT2D eigenvalue weighted by Crippen LogP contribution is 2.13. The summed E-state index contributed by atoms with van der Waals surface area (Å²) in [6.07, 6.45) is 1.64. The summed E-state index contributed by atoms with van der Waals surface area (Å²) in [6, 6.07) is 0. The maximum absolute atomic E-state index is 11.0. The van der Waals surface area contributed by atoms with Crippen LogP contribution in [0.15, 0.2) is 0 Å². The first-order valence-electron chi connectivity index (χ1n) is 3.95. The van der Waals surface area contributed by atoms with E-state index >= 15 is 0 Å². The molecule has 0 saturated carbocycles. The fourth-order valence-electron chi connectivity index (χ4n) is 0.812. The maximum Gasteiger partial charge on any atom is 0.323 e. The van der Waals surface area contributed by atoms with Crippen LogP contribution in [-0.2, 0) is 14.5 Å². The Kier molecular flexibility index (Phi) is 3.87. The number of nitrogens with two attached hydrogens (primary N) is 1. The molecule has 0 aliphatic carbocycles. The maximum atomic E-state index is 11.0. The Hall–Kier alpha value is -0.620. The number of aliphatic carboxylic acids is 1. The Morgan fingerprint density at radius 1 is 1.69 bits per heavy atom. The average molecular weight is 208 g/mol. The minimum Gasteiger partial charge on any atom is -0.480 e. The molecule has 6 heteroatoms. The highest BCUT2D eigenvalue weighted by Gasteiger charge is 2.31. The second-order valence-corrected chi connectivity index (χ2v) is 5.69. The standard InChI is InChI=1S/C7H16N2O3S/c1-3-7(8,6(10)11)4-5-13(2,9)12/h9H,3-5,8H2,1-2H3,(H,10,11)/t7?,13-/m0/s1. The summed E-state index contributed by atoms with van der Waals surface area (Å²) >= 11 is 0. The van der Waals surface area contributed by atoms with Gasteiger partial charge in [0.05, 0.1) is 0 Å². The molecule has 13 heavy (non-hydrogen) atoms. The molecule has 0 spiro atoms. The molecule has 0 heterocycles. The Morgan fingerprint density at radius 2 is 2.15 bits per heavy atom. The van der Waals surface area contributed by atoms with Crippen LogP contribution in [0, 0.1) is 4.78 Å². The molecule has 0 aliphatic rings. The second-order valence-electron chi connectivity index (χ2n) is 3.27. The molecule has 0 bridgehead atoms. The van der Waals surface area contributed by atoms with Gasteiger partial charge in [0, 0.05) is 21.7 Å². The van der Waals surface area contributed by atoms with E-state index in [0.717, 1.165) is 0 Å². The first kappa shape index (κ1) is 12.4. The largest absolute Gasteiger partial charge is 0.480 e. The molecule has 0 fully saturated rings. The zero-order valence-corrected chi connectivity index (χ0v) is 8.69. The van der Waals surface area contributed by atoms with Crippen LogP contribution in [0.5, 0.6) is 0 Å². The summed E-state index contributed by atoms with van der Waals surface area (Å²) in [5, 5.41) is 8.75. The predicted molar refractivity (Wildman–Crippen MR) is 51.1 cm³/mol. The summed E-state index contributed by atoms with van der Waals surface area (Å²) in [4.78, 5) is 10.7. The number of carboxylic acid groups (broad SMARTS) is 1. The Balaban J connectivity index is 4.39. The molecular formula is C7H16N2O3S. The van der Waals surface area contributed by atoms with Gasteiger partial charge >= 0.3 is 5.97 Å². The highest BCUT2D eigenvalue weighted by molar-refractivity contribution is 7.91. The van der Waals surface area contributed by atoms with Gasteiger partial charge in [-0.3, -0.25) is 13.8 Å². The number of hydrogen-bond donors (Lipinski definition) is 3. The van der Waals surface area contributed by atoms with Gasteiger partial charge in [0.25, 0.3) is 0 Å². The highest BCUT2D eigenvalue weighted by atomic mass is 32.2. The molecule has 0 rings (SSSR count). The molecule has 0 aromatic rings. The van der Waals surface area contributed by atoms with Gasteiger partial charge in [0.2, 0.25) is 0 Å². The van der Waals surface area contributed by atoms with E-state index in [1.165, 1.54) is 6.26 Å². The molecule has 0 aromatic heterocycles. The summed E-state index contributed by atoms with van der Waals surface area (Å²) in [5.74, 6) is -1.07. The zero-order valence-electron chi connectivity index (χ0n) is 7.87. The minimum absolute atomic E-state index is 0.0314. The van der Waals surface area contributed by atoms with Gasteiger partial charge in [-0.15, -0.1) is 0 Å². The van der Waals surface area contributed by atoms with Crippen molar-refractivity contribution in [3.05, 3.63) is 0 Å². The van der Waals surface area contributed by atoms with Gasteiger partial charge in [0.15, 0.2) is 0 Å². The molecular weight excluding hydrogens is 192 g/mol. The van der Waals surface area contributed by atoms with E-state index in [1.54, 1.807) is 6.92 Å². The van der Waals surface area contributed by atoms with Crippen LogP contribution in [0.1, 0.15) is 19.8 Å². The van der Waals surface area contributed by atoms with E-state index in [-0.39, 0.29) is 18.6 Å². The van der Waals surface area contributed by atoms with E-state index < -0.39 is 21.2 Å². The lowest BCUT2D eigenvalue weighted by atomic mass is 9.95. The molecule has 1 unspecified atom stereocenters. The molecule has 2 atom stereocenters. The lowest BCUT2D eigenvalue weighted by molar-refractivity contribution is -0.143. The van der Waals surface area contributed by atoms with E-state index in [9.17, 15) is 9.00 Å².